The average Bonchev–Trinajstić information content (AvgIpc) is 2.68. The van der Waals surface area contributed by atoms with Crippen molar-refractivity contribution in [1.82, 2.24) is 10.3 Å². The molecule has 2 rings (SSSR count). The van der Waals surface area contributed by atoms with Crippen LogP contribution in [0.3, 0.4) is 0 Å². The maximum absolute atomic E-state index is 12.3. The van der Waals surface area contributed by atoms with Crippen LogP contribution in [0.2, 0.25) is 5.15 Å². The van der Waals surface area contributed by atoms with Crippen molar-refractivity contribution >= 4 is 23.3 Å². The number of halogens is 1. The van der Waals surface area contributed by atoms with Gasteiger partial charge in [0, 0.05) is 24.2 Å². The molecule has 0 aliphatic rings. The molecular formula is C22H24ClN3O2. The van der Waals surface area contributed by atoms with Gasteiger partial charge in [0.25, 0.3) is 0 Å². The van der Waals surface area contributed by atoms with Gasteiger partial charge in [0.1, 0.15) is 11.2 Å². The van der Waals surface area contributed by atoms with E-state index in [0.717, 1.165) is 0 Å². The third-order valence-electron chi connectivity index (χ3n) is 4.40. The van der Waals surface area contributed by atoms with Crippen molar-refractivity contribution < 1.29 is 9.53 Å². The van der Waals surface area contributed by atoms with E-state index in [1.165, 1.54) is 5.56 Å². The number of esters is 1. The molecule has 1 aromatic carbocycles. The van der Waals surface area contributed by atoms with Crippen molar-refractivity contribution in [3.8, 4) is 6.07 Å². The van der Waals surface area contributed by atoms with E-state index in [4.69, 9.17) is 16.3 Å². The number of aromatic nitrogens is 1. The number of hydrogen-bond acceptors (Lipinski definition) is 5. The number of ether oxygens (including phenoxy) is 1. The van der Waals surface area contributed by atoms with E-state index in [-0.39, 0.29) is 23.3 Å². The van der Waals surface area contributed by atoms with Gasteiger partial charge < -0.3 is 10.1 Å². The van der Waals surface area contributed by atoms with Crippen LogP contribution in [0.1, 0.15) is 37.8 Å². The second kappa shape index (κ2) is 10.5. The van der Waals surface area contributed by atoms with E-state index >= 15 is 0 Å². The summed E-state index contributed by atoms with van der Waals surface area (Å²) in [7, 11) is 0. The monoisotopic (exact) mass is 397 g/mol. The molecule has 146 valence electrons. The Morgan fingerprint density at radius 3 is 2.54 bits per heavy atom. The molecule has 1 unspecified atom stereocenters. The lowest BCUT2D eigenvalue weighted by atomic mass is 9.88. The first kappa shape index (κ1) is 21.5. The molecule has 1 N–H and O–H groups in total. The molecule has 1 aromatic heterocycles. The van der Waals surface area contributed by atoms with Gasteiger partial charge in [-0.1, -0.05) is 55.8 Å². The Balaban J connectivity index is 2.44. The van der Waals surface area contributed by atoms with Crippen LogP contribution in [0.5, 0.6) is 0 Å². The van der Waals surface area contributed by atoms with E-state index < -0.39 is 5.97 Å². The molecule has 1 atom stereocenters. The van der Waals surface area contributed by atoms with E-state index in [9.17, 15) is 10.1 Å². The third kappa shape index (κ3) is 5.34. The summed E-state index contributed by atoms with van der Waals surface area (Å²) in [5.41, 5.74) is 1.88. The quantitative estimate of drug-likeness (QED) is 0.306. The molecule has 0 bridgehead atoms. The Morgan fingerprint density at radius 1 is 1.25 bits per heavy atom. The molecule has 0 aliphatic carbocycles. The van der Waals surface area contributed by atoms with Gasteiger partial charge in [-0.3, -0.25) is 0 Å². The molecule has 2 aromatic rings. The molecule has 0 amide bonds. The summed E-state index contributed by atoms with van der Waals surface area (Å²) in [5, 5.41) is 13.1. The highest BCUT2D eigenvalue weighted by atomic mass is 35.5. The molecule has 5 nitrogen and oxygen atoms in total. The lowest BCUT2D eigenvalue weighted by molar-refractivity contribution is -0.137. The molecule has 0 saturated heterocycles. The summed E-state index contributed by atoms with van der Waals surface area (Å²) in [6.07, 6.45) is 1.56. The summed E-state index contributed by atoms with van der Waals surface area (Å²) in [6, 6.07) is 15.5. The molecule has 0 aliphatic heterocycles. The highest BCUT2D eigenvalue weighted by Gasteiger charge is 2.23. The van der Waals surface area contributed by atoms with Crippen LogP contribution in [0.25, 0.3) is 5.70 Å². The summed E-state index contributed by atoms with van der Waals surface area (Å²) in [6.45, 7) is 6.66. The van der Waals surface area contributed by atoms with Crippen LogP contribution in [-0.4, -0.2) is 24.1 Å². The van der Waals surface area contributed by atoms with Crippen molar-refractivity contribution in [2.75, 3.05) is 13.2 Å². The number of benzene rings is 1. The summed E-state index contributed by atoms with van der Waals surface area (Å²) in [5.74, 6) is -0.171. The van der Waals surface area contributed by atoms with Crippen LogP contribution in [0.4, 0.5) is 0 Å². The lowest BCUT2D eigenvalue weighted by Gasteiger charge is -2.24. The Labute approximate surface area is 171 Å². The minimum atomic E-state index is -0.687. The van der Waals surface area contributed by atoms with Gasteiger partial charge in [-0.05, 0) is 30.5 Å². The van der Waals surface area contributed by atoms with E-state index in [2.05, 4.69) is 36.3 Å². The van der Waals surface area contributed by atoms with Crippen LogP contribution >= 0.6 is 11.6 Å². The Bertz CT molecular complexity index is 873. The number of nitrogens with zero attached hydrogens (tertiary/aromatic N) is 2. The van der Waals surface area contributed by atoms with E-state index in [1.807, 2.05) is 24.3 Å². The second-order valence-corrected chi connectivity index (χ2v) is 6.92. The smallest absolute Gasteiger partial charge is 0.351 e. The largest absolute Gasteiger partial charge is 0.462 e. The van der Waals surface area contributed by atoms with Crippen molar-refractivity contribution in [3.05, 3.63) is 70.5 Å². The Kier molecular flexibility index (Phi) is 8.03. The maximum atomic E-state index is 12.3. The number of nitriles is 1. The first-order chi connectivity index (χ1) is 13.5. The van der Waals surface area contributed by atoms with Crippen LogP contribution in [0.15, 0.2) is 54.2 Å². The molecular weight excluding hydrogens is 374 g/mol. The minimum absolute atomic E-state index is 0.118. The number of rotatable bonds is 8. The Morgan fingerprint density at radius 2 is 1.96 bits per heavy atom. The zero-order chi connectivity index (χ0) is 20.5. The molecule has 1 heterocycles. The SMILES string of the molecule is CCOC(=O)/C(C#N)=C(\NCC(c1ccccc1)C(C)C)c1cccnc1Cl. The number of carbonyl (C=O) groups is 1. The third-order valence-corrected chi connectivity index (χ3v) is 4.70. The number of nitrogens with one attached hydrogen (secondary N) is 1. The number of pyridine rings is 1. The van der Waals surface area contributed by atoms with Crippen molar-refractivity contribution in [1.29, 1.82) is 5.26 Å². The predicted molar refractivity (Wildman–Crippen MR) is 110 cm³/mol. The molecule has 0 spiro atoms. The van der Waals surface area contributed by atoms with Gasteiger partial charge in [-0.2, -0.15) is 5.26 Å². The average molecular weight is 398 g/mol. The summed E-state index contributed by atoms with van der Waals surface area (Å²) in [4.78, 5) is 16.4. The van der Waals surface area contributed by atoms with Crippen molar-refractivity contribution in [2.24, 2.45) is 5.92 Å². The standard InChI is InChI=1S/C22H24ClN3O2/c1-4-28-22(27)18(13-24)20(17-11-8-12-25-21(17)23)26-14-19(15(2)3)16-9-6-5-7-10-16/h5-12,15,19,26H,4,14H2,1-3H3/b20-18-. The zero-order valence-corrected chi connectivity index (χ0v) is 17.0. The normalized spacial score (nSPS) is 12.7. The topological polar surface area (TPSA) is 75.0 Å². The molecule has 28 heavy (non-hydrogen) atoms. The summed E-state index contributed by atoms with van der Waals surface area (Å²) >= 11 is 6.25. The lowest BCUT2D eigenvalue weighted by Crippen LogP contribution is -2.26. The van der Waals surface area contributed by atoms with Gasteiger partial charge in [-0.15, -0.1) is 0 Å². The van der Waals surface area contributed by atoms with Gasteiger partial charge in [0.05, 0.1) is 12.3 Å². The predicted octanol–water partition coefficient (Wildman–Crippen LogP) is 4.56. The zero-order valence-electron chi connectivity index (χ0n) is 16.3. The fourth-order valence-corrected chi connectivity index (χ4v) is 3.16. The highest BCUT2D eigenvalue weighted by molar-refractivity contribution is 6.31. The Hall–Kier alpha value is -2.84. The fraction of sp³-hybridized carbons (Fsp3) is 0.318. The summed E-state index contributed by atoms with van der Waals surface area (Å²) < 4.78 is 5.05. The van der Waals surface area contributed by atoms with Crippen LogP contribution < -0.4 is 5.32 Å². The second-order valence-electron chi connectivity index (χ2n) is 6.57. The highest BCUT2D eigenvalue weighted by Crippen LogP contribution is 2.27. The van der Waals surface area contributed by atoms with Crippen molar-refractivity contribution in [2.45, 2.75) is 26.7 Å². The van der Waals surface area contributed by atoms with Gasteiger partial charge in [0.15, 0.2) is 5.57 Å². The molecule has 0 radical (unpaired) electrons. The molecule has 0 saturated carbocycles. The van der Waals surface area contributed by atoms with Gasteiger partial charge >= 0.3 is 5.97 Å². The number of carbonyl (C=O) groups excluding carboxylic acids is 1. The number of hydrogen-bond donors (Lipinski definition) is 1. The van der Waals surface area contributed by atoms with Gasteiger partial charge in [-0.25, -0.2) is 9.78 Å². The van der Waals surface area contributed by atoms with E-state index in [0.29, 0.717) is 23.7 Å². The first-order valence-corrected chi connectivity index (χ1v) is 9.58. The van der Waals surface area contributed by atoms with Crippen molar-refractivity contribution in [3.63, 3.8) is 0 Å². The molecule has 6 heteroatoms. The van der Waals surface area contributed by atoms with Crippen LogP contribution in [-0.2, 0) is 9.53 Å². The first-order valence-electron chi connectivity index (χ1n) is 9.20. The molecule has 0 fully saturated rings. The minimum Gasteiger partial charge on any atom is -0.462 e. The van der Waals surface area contributed by atoms with E-state index in [1.54, 1.807) is 25.3 Å². The fourth-order valence-electron chi connectivity index (χ4n) is 2.95. The maximum Gasteiger partial charge on any atom is 0.351 e. The van der Waals surface area contributed by atoms with Gasteiger partial charge in [0.2, 0.25) is 0 Å². The van der Waals surface area contributed by atoms with Crippen LogP contribution in [0, 0.1) is 17.2 Å².